The predicted octanol–water partition coefficient (Wildman–Crippen LogP) is 3.23. The summed E-state index contributed by atoms with van der Waals surface area (Å²) in [4.78, 5) is 16.2. The predicted molar refractivity (Wildman–Crippen MR) is 126 cm³/mol. The third-order valence-electron chi connectivity index (χ3n) is 5.45. The smallest absolute Gasteiger partial charge is 0.228 e. The summed E-state index contributed by atoms with van der Waals surface area (Å²) >= 11 is 0. The zero-order chi connectivity index (χ0) is 20.7. The quantitative estimate of drug-likeness (QED) is 0.500. The van der Waals surface area contributed by atoms with Gasteiger partial charge in [-0.05, 0) is 44.5 Å². The van der Waals surface area contributed by atoms with Gasteiger partial charge >= 0.3 is 0 Å². The molecule has 1 aliphatic heterocycles. The van der Waals surface area contributed by atoms with Crippen LogP contribution in [0.25, 0.3) is 21.9 Å². The van der Waals surface area contributed by atoms with E-state index in [0.717, 1.165) is 53.9 Å². The van der Waals surface area contributed by atoms with E-state index < -0.39 is 0 Å². The van der Waals surface area contributed by atoms with Crippen LogP contribution in [0.3, 0.4) is 0 Å². The van der Waals surface area contributed by atoms with Crippen molar-refractivity contribution in [2.75, 3.05) is 36.4 Å². The van der Waals surface area contributed by atoms with Crippen LogP contribution in [0.5, 0.6) is 0 Å². The molecule has 5 rings (SSSR count). The second-order valence-electron chi connectivity index (χ2n) is 7.91. The molecule has 0 amide bonds. The summed E-state index contributed by atoms with van der Waals surface area (Å²) in [6, 6.07) is 6.17. The molecule has 1 fully saturated rings. The van der Waals surface area contributed by atoms with Gasteiger partial charge in [-0.25, -0.2) is 19.6 Å². The minimum atomic E-state index is 0. The van der Waals surface area contributed by atoms with Gasteiger partial charge in [-0.2, -0.15) is 0 Å². The second-order valence-corrected chi connectivity index (χ2v) is 7.91. The molecule has 4 heterocycles. The highest BCUT2D eigenvalue weighted by molar-refractivity contribution is 6.01. The first kappa shape index (κ1) is 21.2. The lowest BCUT2D eigenvalue weighted by Gasteiger charge is -2.30. The van der Waals surface area contributed by atoms with Gasteiger partial charge in [0.1, 0.15) is 22.4 Å². The Morgan fingerprint density at radius 1 is 1.10 bits per heavy atom. The first-order valence-corrected chi connectivity index (χ1v) is 10.3. The van der Waals surface area contributed by atoms with Crippen LogP contribution in [0.1, 0.15) is 25.5 Å². The molecule has 31 heavy (non-hydrogen) atoms. The maximum Gasteiger partial charge on any atom is 0.228 e. The Morgan fingerprint density at radius 2 is 1.90 bits per heavy atom. The van der Waals surface area contributed by atoms with Crippen LogP contribution in [0.2, 0.25) is 0 Å². The number of hydrogen-bond donors (Lipinski definition) is 2. The van der Waals surface area contributed by atoms with Crippen molar-refractivity contribution < 1.29 is 0 Å². The Balaban J connectivity index is 0.00000231. The molecule has 9 nitrogen and oxygen atoms in total. The normalized spacial score (nSPS) is 14.3. The number of rotatable bonds is 4. The van der Waals surface area contributed by atoms with E-state index in [1.807, 2.05) is 35.3 Å². The molecule has 1 saturated heterocycles. The highest BCUT2D eigenvalue weighted by Gasteiger charge is 2.15. The van der Waals surface area contributed by atoms with E-state index in [-0.39, 0.29) is 18.4 Å². The second kappa shape index (κ2) is 8.60. The van der Waals surface area contributed by atoms with Crippen molar-refractivity contribution in [2.24, 2.45) is 0 Å². The van der Waals surface area contributed by atoms with E-state index in [2.05, 4.69) is 56.6 Å². The molecule has 0 aliphatic carbocycles. The summed E-state index contributed by atoms with van der Waals surface area (Å²) in [6.07, 6.45) is 3.75. The Hall–Kier alpha value is -3.04. The molecule has 3 aromatic heterocycles. The van der Waals surface area contributed by atoms with Crippen LogP contribution in [0.15, 0.2) is 30.6 Å². The van der Waals surface area contributed by atoms with Gasteiger partial charge < -0.3 is 15.5 Å². The fourth-order valence-corrected chi connectivity index (χ4v) is 3.91. The molecular formula is C21H26ClN9. The van der Waals surface area contributed by atoms with Crippen LogP contribution in [-0.2, 0) is 0 Å². The van der Waals surface area contributed by atoms with Gasteiger partial charge in [0.15, 0.2) is 0 Å². The van der Waals surface area contributed by atoms with Crippen molar-refractivity contribution in [3.63, 3.8) is 0 Å². The third-order valence-corrected chi connectivity index (χ3v) is 5.45. The lowest BCUT2D eigenvalue weighted by Crippen LogP contribution is -2.43. The highest BCUT2D eigenvalue weighted by atomic mass is 35.5. The van der Waals surface area contributed by atoms with Crippen molar-refractivity contribution in [3.8, 4) is 0 Å². The largest absolute Gasteiger partial charge is 0.368 e. The standard InChI is InChI=1S/C21H25N9.ClH/c1-13(2)30-20-16(27-28-30)5-4-15-11-24-21(26-19(15)20)25-18-10-14(3)17(12-23-18)29-8-6-22-7-9-29;/h4-5,10-13,22H,6-9H2,1-3H3,(H,23,24,25,26);1H. The summed E-state index contributed by atoms with van der Waals surface area (Å²) in [5.74, 6) is 1.24. The fraction of sp³-hybridized carbons (Fsp3) is 0.381. The summed E-state index contributed by atoms with van der Waals surface area (Å²) in [5.41, 5.74) is 4.94. The van der Waals surface area contributed by atoms with Crippen LogP contribution in [-0.4, -0.2) is 56.1 Å². The van der Waals surface area contributed by atoms with Crippen molar-refractivity contribution in [1.29, 1.82) is 0 Å². The maximum atomic E-state index is 4.77. The minimum absolute atomic E-state index is 0. The molecule has 1 aromatic carbocycles. The molecule has 0 atom stereocenters. The monoisotopic (exact) mass is 439 g/mol. The average Bonchev–Trinajstić information content (AvgIpc) is 3.20. The zero-order valence-corrected chi connectivity index (χ0v) is 18.6. The Labute approximate surface area is 186 Å². The SMILES string of the molecule is Cc1cc(Nc2ncc3ccc4nnn(C(C)C)c4c3n2)ncc1N1CCNCC1.Cl. The summed E-state index contributed by atoms with van der Waals surface area (Å²) < 4.78 is 1.90. The van der Waals surface area contributed by atoms with E-state index in [9.17, 15) is 0 Å². The average molecular weight is 440 g/mol. The van der Waals surface area contributed by atoms with Gasteiger partial charge in [-0.3, -0.25) is 0 Å². The van der Waals surface area contributed by atoms with Gasteiger partial charge in [-0.15, -0.1) is 17.5 Å². The first-order valence-electron chi connectivity index (χ1n) is 10.3. The van der Waals surface area contributed by atoms with Crippen molar-refractivity contribution in [3.05, 3.63) is 36.2 Å². The number of hydrogen-bond acceptors (Lipinski definition) is 8. The molecule has 162 valence electrons. The van der Waals surface area contributed by atoms with E-state index in [0.29, 0.717) is 5.95 Å². The third kappa shape index (κ3) is 3.98. The number of fused-ring (bicyclic) bond motifs is 3. The Kier molecular flexibility index (Phi) is 5.88. The molecule has 0 radical (unpaired) electrons. The number of nitrogens with one attached hydrogen (secondary N) is 2. The van der Waals surface area contributed by atoms with E-state index in [1.54, 1.807) is 0 Å². The van der Waals surface area contributed by atoms with Gasteiger partial charge in [0.25, 0.3) is 0 Å². The summed E-state index contributed by atoms with van der Waals surface area (Å²) in [7, 11) is 0. The maximum absolute atomic E-state index is 4.77. The molecule has 2 N–H and O–H groups in total. The van der Waals surface area contributed by atoms with Crippen LogP contribution in [0, 0.1) is 6.92 Å². The molecule has 1 aliphatic rings. The van der Waals surface area contributed by atoms with Crippen LogP contribution in [0.4, 0.5) is 17.5 Å². The zero-order valence-electron chi connectivity index (χ0n) is 17.8. The number of halogens is 1. The number of aromatic nitrogens is 6. The van der Waals surface area contributed by atoms with E-state index in [4.69, 9.17) is 4.98 Å². The lowest BCUT2D eigenvalue weighted by atomic mass is 10.2. The van der Waals surface area contributed by atoms with Crippen LogP contribution >= 0.6 is 12.4 Å². The topological polar surface area (TPSA) is 96.7 Å². The number of anilines is 3. The van der Waals surface area contributed by atoms with Crippen LogP contribution < -0.4 is 15.5 Å². The lowest BCUT2D eigenvalue weighted by molar-refractivity contribution is 0.531. The summed E-state index contributed by atoms with van der Waals surface area (Å²) in [5, 5.41) is 16.2. The van der Waals surface area contributed by atoms with E-state index in [1.165, 1.54) is 11.3 Å². The van der Waals surface area contributed by atoms with Gasteiger partial charge in [-0.1, -0.05) is 5.21 Å². The van der Waals surface area contributed by atoms with Crippen molar-refractivity contribution in [1.82, 2.24) is 35.3 Å². The van der Waals surface area contributed by atoms with E-state index >= 15 is 0 Å². The minimum Gasteiger partial charge on any atom is -0.368 e. The number of nitrogens with zero attached hydrogens (tertiary/aromatic N) is 7. The van der Waals surface area contributed by atoms with Gasteiger partial charge in [0.05, 0.1) is 11.9 Å². The number of aryl methyl sites for hydroxylation is 1. The molecule has 0 bridgehead atoms. The summed E-state index contributed by atoms with van der Waals surface area (Å²) in [6.45, 7) is 10.3. The molecular weight excluding hydrogens is 414 g/mol. The number of piperazine rings is 1. The van der Waals surface area contributed by atoms with Crippen molar-refractivity contribution in [2.45, 2.75) is 26.8 Å². The molecule has 0 saturated carbocycles. The fourth-order valence-electron chi connectivity index (χ4n) is 3.91. The Morgan fingerprint density at radius 3 is 2.65 bits per heavy atom. The molecule has 4 aromatic rings. The highest BCUT2D eigenvalue weighted by Crippen LogP contribution is 2.26. The Bertz CT molecular complexity index is 1210. The molecule has 10 heteroatoms. The van der Waals surface area contributed by atoms with Crippen molar-refractivity contribution >= 4 is 51.8 Å². The molecule has 0 unspecified atom stereocenters. The number of pyridine rings is 1. The van der Waals surface area contributed by atoms with Gasteiger partial charge in [0, 0.05) is 43.8 Å². The van der Waals surface area contributed by atoms with Gasteiger partial charge in [0.2, 0.25) is 5.95 Å². The number of benzene rings is 1. The first-order chi connectivity index (χ1) is 14.6. The molecule has 0 spiro atoms.